The van der Waals surface area contributed by atoms with Crippen molar-refractivity contribution in [3.8, 4) is 0 Å². The molecule has 3 nitrogen and oxygen atoms in total. The third-order valence-electron chi connectivity index (χ3n) is 3.44. The van der Waals surface area contributed by atoms with Gasteiger partial charge in [-0.2, -0.15) is 0 Å². The van der Waals surface area contributed by atoms with E-state index in [4.69, 9.17) is 0 Å². The Morgan fingerprint density at radius 3 is 2.78 bits per heavy atom. The van der Waals surface area contributed by atoms with E-state index in [9.17, 15) is 9.32 Å². The van der Waals surface area contributed by atoms with Gasteiger partial charge in [0, 0.05) is 18.0 Å². The molecule has 2 atom stereocenters. The Labute approximate surface area is 110 Å². The molecule has 0 aromatic heterocycles. The lowest BCUT2D eigenvalue weighted by Crippen LogP contribution is -2.29. The highest BCUT2D eigenvalue weighted by Gasteiger charge is 2.27. The maximum Gasteiger partial charge on any atom is 0.0689 e. The number of rotatable bonds is 3. The Hall–Kier alpha value is -0.840. The molecule has 1 aliphatic rings. The summed E-state index contributed by atoms with van der Waals surface area (Å²) in [6.07, 6.45) is 0.303. The van der Waals surface area contributed by atoms with Gasteiger partial charge in [-0.25, -0.2) is 8.51 Å². The van der Waals surface area contributed by atoms with Gasteiger partial charge in [0.25, 0.3) is 0 Å². The van der Waals surface area contributed by atoms with E-state index in [0.29, 0.717) is 25.4 Å². The lowest BCUT2D eigenvalue weighted by molar-refractivity contribution is 0.190. The van der Waals surface area contributed by atoms with E-state index in [1.165, 1.54) is 5.56 Å². The summed E-state index contributed by atoms with van der Waals surface area (Å²) in [5, 5.41) is 9.56. The molecule has 1 heterocycles. The van der Waals surface area contributed by atoms with E-state index in [-0.39, 0.29) is 6.10 Å². The van der Waals surface area contributed by atoms with E-state index in [1.807, 2.05) is 24.3 Å². The Bertz CT molecular complexity index is 522. The van der Waals surface area contributed by atoms with Crippen molar-refractivity contribution in [2.24, 2.45) is 0 Å². The number of hydrogen-bond acceptors (Lipinski definition) is 2. The highest BCUT2D eigenvalue weighted by molar-refractivity contribution is 7.98. The van der Waals surface area contributed by atoms with Crippen LogP contribution in [0.15, 0.2) is 29.2 Å². The smallest absolute Gasteiger partial charge is 0.0689 e. The largest absolute Gasteiger partial charge is 0.392 e. The van der Waals surface area contributed by atoms with Gasteiger partial charge >= 0.3 is 0 Å². The Kier molecular flexibility index (Phi) is 3.80. The van der Waals surface area contributed by atoms with Crippen LogP contribution in [0, 0.1) is 0 Å². The van der Waals surface area contributed by atoms with Crippen LogP contribution in [0.1, 0.15) is 31.7 Å². The van der Waals surface area contributed by atoms with Crippen molar-refractivity contribution in [1.29, 1.82) is 0 Å². The van der Waals surface area contributed by atoms with Gasteiger partial charge in [0.2, 0.25) is 0 Å². The van der Waals surface area contributed by atoms with Crippen LogP contribution < -0.4 is 0 Å². The van der Waals surface area contributed by atoms with Gasteiger partial charge in [0.15, 0.2) is 0 Å². The molecule has 1 fully saturated rings. The predicted octanol–water partition coefficient (Wildman–Crippen LogP) is 1.87. The van der Waals surface area contributed by atoms with Crippen molar-refractivity contribution < 1.29 is 9.32 Å². The maximum absolute atomic E-state index is 12.8. The molecule has 0 bridgehead atoms. The van der Waals surface area contributed by atoms with Crippen molar-refractivity contribution in [3.05, 3.63) is 29.8 Å². The van der Waals surface area contributed by atoms with E-state index < -0.39 is 9.71 Å². The van der Waals surface area contributed by atoms with Gasteiger partial charge in [-0.15, -0.1) is 0 Å². The fourth-order valence-corrected chi connectivity index (χ4v) is 3.92. The van der Waals surface area contributed by atoms with Crippen LogP contribution in [0.2, 0.25) is 0 Å². The lowest BCUT2D eigenvalue weighted by Gasteiger charge is -2.21. The SMILES string of the molecule is C=S(=O)(c1cccc(C(C)C)c1)N1CC[C@@H](O)C1. The van der Waals surface area contributed by atoms with Gasteiger partial charge < -0.3 is 5.11 Å². The van der Waals surface area contributed by atoms with Gasteiger partial charge in [-0.05, 0) is 35.9 Å². The molecule has 100 valence electrons. The summed E-state index contributed by atoms with van der Waals surface area (Å²) < 4.78 is 14.6. The maximum atomic E-state index is 12.8. The average Bonchev–Trinajstić information content (AvgIpc) is 2.77. The number of hydrogen-bond donors (Lipinski definition) is 1. The molecular formula is C14H21NO2S. The topological polar surface area (TPSA) is 40.5 Å². The third kappa shape index (κ3) is 2.60. The van der Waals surface area contributed by atoms with Gasteiger partial charge in [0.1, 0.15) is 0 Å². The lowest BCUT2D eigenvalue weighted by atomic mass is 10.0. The number of β-amino-alcohol motifs (C(OH)–C–C–N with tert-alkyl or cyclic N) is 1. The van der Waals surface area contributed by atoms with Crippen molar-refractivity contribution in [2.45, 2.75) is 37.2 Å². The molecule has 0 saturated carbocycles. The average molecular weight is 267 g/mol. The zero-order valence-electron chi connectivity index (χ0n) is 11.0. The predicted molar refractivity (Wildman–Crippen MR) is 76.3 cm³/mol. The van der Waals surface area contributed by atoms with Crippen molar-refractivity contribution in [3.63, 3.8) is 0 Å². The van der Waals surface area contributed by atoms with E-state index in [2.05, 4.69) is 19.7 Å². The molecular weight excluding hydrogens is 246 g/mol. The molecule has 1 N–H and O–H groups in total. The zero-order valence-corrected chi connectivity index (χ0v) is 11.8. The molecule has 2 rings (SSSR count). The summed E-state index contributed by atoms with van der Waals surface area (Å²) in [6.45, 7) is 5.33. The van der Waals surface area contributed by atoms with Gasteiger partial charge in [-0.1, -0.05) is 26.0 Å². The molecule has 1 aromatic carbocycles. The normalized spacial score (nSPS) is 24.3. The van der Waals surface area contributed by atoms with Crippen LogP contribution in [0.4, 0.5) is 0 Å². The fraction of sp³-hybridized carbons (Fsp3) is 0.500. The Morgan fingerprint density at radius 1 is 1.50 bits per heavy atom. The number of aliphatic hydroxyl groups is 1. The molecule has 1 saturated heterocycles. The first kappa shape index (κ1) is 13.6. The third-order valence-corrected chi connectivity index (χ3v) is 5.59. The van der Waals surface area contributed by atoms with Gasteiger partial charge in [0.05, 0.1) is 15.8 Å². The van der Waals surface area contributed by atoms with Crippen LogP contribution in [0.25, 0.3) is 0 Å². The minimum Gasteiger partial charge on any atom is -0.392 e. The summed E-state index contributed by atoms with van der Waals surface area (Å²) >= 11 is 0. The van der Waals surface area contributed by atoms with Crippen LogP contribution >= 0.6 is 0 Å². The first-order chi connectivity index (χ1) is 8.41. The number of benzene rings is 1. The summed E-state index contributed by atoms with van der Waals surface area (Å²) in [5.74, 6) is 4.31. The van der Waals surface area contributed by atoms with Crippen LogP contribution in [0.3, 0.4) is 0 Å². The Balaban J connectivity index is 2.32. The minimum absolute atomic E-state index is 0.374. The number of aliphatic hydroxyl groups excluding tert-OH is 1. The second kappa shape index (κ2) is 5.03. The summed E-state index contributed by atoms with van der Waals surface area (Å²) in [4.78, 5) is 0.766. The molecule has 1 unspecified atom stereocenters. The second-order valence-corrected chi connectivity index (χ2v) is 7.47. The molecule has 4 heteroatoms. The fourth-order valence-electron chi connectivity index (χ4n) is 2.20. The van der Waals surface area contributed by atoms with E-state index in [0.717, 1.165) is 4.90 Å². The zero-order chi connectivity index (χ0) is 13.3. The van der Waals surface area contributed by atoms with Crippen LogP contribution in [-0.2, 0) is 9.71 Å². The first-order valence-electron chi connectivity index (χ1n) is 6.31. The molecule has 1 aromatic rings. The van der Waals surface area contributed by atoms with Gasteiger partial charge in [-0.3, -0.25) is 0 Å². The summed E-state index contributed by atoms with van der Waals surface area (Å²) in [5.41, 5.74) is 1.17. The number of nitrogens with zero attached hydrogens (tertiary/aromatic N) is 1. The summed E-state index contributed by atoms with van der Waals surface area (Å²) in [7, 11) is -2.45. The Morgan fingerprint density at radius 2 is 2.22 bits per heavy atom. The summed E-state index contributed by atoms with van der Waals surface area (Å²) in [6, 6.07) is 7.82. The van der Waals surface area contributed by atoms with E-state index in [1.54, 1.807) is 4.31 Å². The van der Waals surface area contributed by atoms with Crippen LogP contribution in [0.5, 0.6) is 0 Å². The van der Waals surface area contributed by atoms with E-state index >= 15 is 0 Å². The minimum atomic E-state index is -2.45. The second-order valence-electron chi connectivity index (χ2n) is 5.20. The molecule has 0 amide bonds. The molecule has 18 heavy (non-hydrogen) atoms. The highest BCUT2D eigenvalue weighted by Crippen LogP contribution is 2.24. The quantitative estimate of drug-likeness (QED) is 0.849. The van der Waals surface area contributed by atoms with Crippen molar-refractivity contribution >= 4 is 15.6 Å². The monoisotopic (exact) mass is 267 g/mol. The van der Waals surface area contributed by atoms with Crippen molar-refractivity contribution in [2.75, 3.05) is 13.1 Å². The highest BCUT2D eigenvalue weighted by atomic mass is 32.2. The first-order valence-corrected chi connectivity index (χ1v) is 8.00. The van der Waals surface area contributed by atoms with Crippen LogP contribution in [-0.4, -0.2) is 38.7 Å². The molecule has 1 aliphatic heterocycles. The van der Waals surface area contributed by atoms with Crippen molar-refractivity contribution in [1.82, 2.24) is 4.31 Å². The standard InChI is InChI=1S/C14H21NO2S/c1-11(2)12-5-4-6-14(9-12)18(3,17)15-8-7-13(16)10-15/h4-6,9,11,13,16H,3,7-8,10H2,1-2H3/t13-,18?/m1/s1. The molecule has 0 spiro atoms. The molecule has 0 aliphatic carbocycles. The molecule has 0 radical (unpaired) electrons.